The van der Waals surface area contributed by atoms with Crippen molar-refractivity contribution in [3.63, 3.8) is 0 Å². The maximum Gasteiger partial charge on any atom is 0.144 e. The van der Waals surface area contributed by atoms with E-state index in [-0.39, 0.29) is 0 Å². The van der Waals surface area contributed by atoms with E-state index < -0.39 is 0 Å². The number of para-hydroxylation sites is 2. The molecule has 0 radical (unpaired) electrons. The van der Waals surface area contributed by atoms with Crippen molar-refractivity contribution in [3.05, 3.63) is 40.6 Å². The van der Waals surface area contributed by atoms with Crippen molar-refractivity contribution in [2.75, 3.05) is 7.11 Å². The van der Waals surface area contributed by atoms with Crippen molar-refractivity contribution in [1.82, 2.24) is 9.78 Å². The van der Waals surface area contributed by atoms with E-state index in [1.165, 1.54) is 0 Å². The molecule has 0 unspecified atom stereocenters. The topological polar surface area (TPSA) is 27.1 Å². The van der Waals surface area contributed by atoms with E-state index >= 15 is 0 Å². The first-order valence-electron chi connectivity index (χ1n) is 4.57. The fraction of sp³-hybridized carbons (Fsp3) is 0.182. The lowest BCUT2D eigenvalue weighted by Crippen LogP contribution is -1.98. The average molecular weight is 267 g/mol. The average Bonchev–Trinajstić information content (AvgIpc) is 2.59. The number of aromatic nitrogens is 2. The number of aryl methyl sites for hydroxylation is 1. The Balaban J connectivity index is 2.53. The molecule has 1 heterocycles. The van der Waals surface area contributed by atoms with Gasteiger partial charge in [-0.1, -0.05) is 12.1 Å². The molecule has 0 amide bonds. The van der Waals surface area contributed by atoms with E-state index in [0.717, 1.165) is 21.6 Å². The second-order valence-electron chi connectivity index (χ2n) is 3.18. The maximum atomic E-state index is 5.27. The molecule has 1 aromatic carbocycles. The number of hydrogen-bond acceptors (Lipinski definition) is 2. The van der Waals surface area contributed by atoms with Crippen LogP contribution in [-0.2, 0) is 0 Å². The fourth-order valence-corrected chi connectivity index (χ4v) is 1.65. The van der Waals surface area contributed by atoms with Crippen LogP contribution in [0, 0.1) is 6.92 Å². The molecule has 78 valence electrons. The summed E-state index contributed by atoms with van der Waals surface area (Å²) in [5.74, 6) is 0.813. The van der Waals surface area contributed by atoms with Crippen molar-refractivity contribution < 1.29 is 4.74 Å². The Morgan fingerprint density at radius 1 is 1.33 bits per heavy atom. The lowest BCUT2D eigenvalue weighted by molar-refractivity contribution is 0.411. The second-order valence-corrected chi connectivity index (χ2v) is 4.03. The minimum Gasteiger partial charge on any atom is -0.494 e. The number of methoxy groups -OCH3 is 1. The molecule has 0 aliphatic heterocycles. The maximum absolute atomic E-state index is 5.27. The molecule has 0 aliphatic carbocycles. The molecule has 0 spiro atoms. The third-order valence-corrected chi connectivity index (χ3v) is 2.95. The SMILES string of the molecule is COc1ccccc1-n1cc(Br)c(C)n1. The minimum atomic E-state index is 0.813. The number of ether oxygens (including phenoxy) is 1. The standard InChI is InChI=1S/C11H11BrN2O/c1-8-9(12)7-14(13-8)10-5-3-4-6-11(10)15-2/h3-7H,1-2H3. The Morgan fingerprint density at radius 3 is 2.67 bits per heavy atom. The molecule has 0 fully saturated rings. The van der Waals surface area contributed by atoms with Crippen LogP contribution in [0.3, 0.4) is 0 Å². The molecule has 2 aromatic rings. The number of nitrogens with zero attached hydrogens (tertiary/aromatic N) is 2. The highest BCUT2D eigenvalue weighted by molar-refractivity contribution is 9.10. The summed E-state index contributed by atoms with van der Waals surface area (Å²) in [6.07, 6.45) is 1.92. The zero-order chi connectivity index (χ0) is 10.8. The van der Waals surface area contributed by atoms with Gasteiger partial charge in [-0.2, -0.15) is 5.10 Å². The zero-order valence-electron chi connectivity index (χ0n) is 8.57. The largest absolute Gasteiger partial charge is 0.494 e. The van der Waals surface area contributed by atoms with Gasteiger partial charge in [0.05, 0.1) is 17.3 Å². The van der Waals surface area contributed by atoms with Gasteiger partial charge in [0, 0.05) is 6.20 Å². The van der Waals surface area contributed by atoms with Gasteiger partial charge in [-0.05, 0) is 35.0 Å². The molecule has 0 N–H and O–H groups in total. The van der Waals surface area contributed by atoms with Crippen LogP contribution in [0.15, 0.2) is 34.9 Å². The van der Waals surface area contributed by atoms with E-state index in [1.54, 1.807) is 11.8 Å². The van der Waals surface area contributed by atoms with Gasteiger partial charge in [0.2, 0.25) is 0 Å². The quantitative estimate of drug-likeness (QED) is 0.836. The molecule has 3 nitrogen and oxygen atoms in total. The number of hydrogen-bond donors (Lipinski definition) is 0. The minimum absolute atomic E-state index is 0.813. The molecule has 0 aliphatic rings. The highest BCUT2D eigenvalue weighted by Gasteiger charge is 2.07. The van der Waals surface area contributed by atoms with E-state index in [9.17, 15) is 0 Å². The Labute approximate surface area is 96.8 Å². The Morgan fingerprint density at radius 2 is 2.07 bits per heavy atom. The van der Waals surface area contributed by atoms with Crippen LogP contribution in [0.25, 0.3) is 5.69 Å². The normalized spacial score (nSPS) is 10.3. The van der Waals surface area contributed by atoms with Crippen LogP contribution in [0.4, 0.5) is 0 Å². The second kappa shape index (κ2) is 4.06. The van der Waals surface area contributed by atoms with Crippen molar-refractivity contribution in [2.24, 2.45) is 0 Å². The third-order valence-electron chi connectivity index (χ3n) is 2.17. The van der Waals surface area contributed by atoms with Crippen LogP contribution in [0.5, 0.6) is 5.75 Å². The van der Waals surface area contributed by atoms with Gasteiger partial charge < -0.3 is 4.74 Å². The number of benzene rings is 1. The summed E-state index contributed by atoms with van der Waals surface area (Å²) in [7, 11) is 1.66. The molecule has 0 saturated heterocycles. The predicted octanol–water partition coefficient (Wildman–Crippen LogP) is 2.95. The summed E-state index contributed by atoms with van der Waals surface area (Å²) < 4.78 is 8.07. The number of halogens is 1. The summed E-state index contributed by atoms with van der Waals surface area (Å²) >= 11 is 3.44. The van der Waals surface area contributed by atoms with E-state index in [0.29, 0.717) is 0 Å². The van der Waals surface area contributed by atoms with Gasteiger partial charge in [0.25, 0.3) is 0 Å². The van der Waals surface area contributed by atoms with Gasteiger partial charge in [-0.3, -0.25) is 0 Å². The molecule has 4 heteroatoms. The van der Waals surface area contributed by atoms with Gasteiger partial charge >= 0.3 is 0 Å². The van der Waals surface area contributed by atoms with Crippen LogP contribution in [-0.4, -0.2) is 16.9 Å². The third kappa shape index (κ3) is 1.90. The molecule has 1 aromatic heterocycles. The van der Waals surface area contributed by atoms with Crippen LogP contribution < -0.4 is 4.74 Å². The van der Waals surface area contributed by atoms with Crippen LogP contribution in [0.2, 0.25) is 0 Å². The molecule has 15 heavy (non-hydrogen) atoms. The van der Waals surface area contributed by atoms with Gasteiger partial charge in [-0.25, -0.2) is 4.68 Å². The van der Waals surface area contributed by atoms with Crippen LogP contribution in [0.1, 0.15) is 5.69 Å². The molecular formula is C11H11BrN2O. The Bertz CT molecular complexity index is 460. The van der Waals surface area contributed by atoms with Gasteiger partial charge in [-0.15, -0.1) is 0 Å². The van der Waals surface area contributed by atoms with Crippen molar-refractivity contribution in [1.29, 1.82) is 0 Å². The lowest BCUT2D eigenvalue weighted by atomic mass is 10.3. The van der Waals surface area contributed by atoms with E-state index in [1.807, 2.05) is 37.4 Å². The molecular weight excluding hydrogens is 256 g/mol. The predicted molar refractivity (Wildman–Crippen MR) is 62.6 cm³/mol. The van der Waals surface area contributed by atoms with E-state index in [4.69, 9.17) is 4.74 Å². The van der Waals surface area contributed by atoms with Gasteiger partial charge in [0.1, 0.15) is 11.4 Å². The summed E-state index contributed by atoms with van der Waals surface area (Å²) in [5, 5.41) is 4.38. The smallest absolute Gasteiger partial charge is 0.144 e. The molecule has 2 rings (SSSR count). The van der Waals surface area contributed by atoms with Crippen molar-refractivity contribution in [3.8, 4) is 11.4 Å². The lowest BCUT2D eigenvalue weighted by Gasteiger charge is -2.07. The van der Waals surface area contributed by atoms with Gasteiger partial charge in [0.15, 0.2) is 0 Å². The zero-order valence-corrected chi connectivity index (χ0v) is 10.2. The first kappa shape index (κ1) is 10.2. The van der Waals surface area contributed by atoms with Crippen molar-refractivity contribution in [2.45, 2.75) is 6.92 Å². The summed E-state index contributed by atoms with van der Waals surface area (Å²) in [5.41, 5.74) is 1.90. The highest BCUT2D eigenvalue weighted by Crippen LogP contribution is 2.24. The fourth-order valence-electron chi connectivity index (χ4n) is 1.38. The van der Waals surface area contributed by atoms with E-state index in [2.05, 4.69) is 21.0 Å². The molecule has 0 saturated carbocycles. The van der Waals surface area contributed by atoms with Crippen molar-refractivity contribution >= 4 is 15.9 Å². The van der Waals surface area contributed by atoms with Crippen LogP contribution >= 0.6 is 15.9 Å². The monoisotopic (exact) mass is 266 g/mol. The summed E-state index contributed by atoms with van der Waals surface area (Å²) in [6.45, 7) is 1.95. The molecule has 0 atom stereocenters. The Kier molecular flexibility index (Phi) is 2.77. The highest BCUT2D eigenvalue weighted by atomic mass is 79.9. The summed E-state index contributed by atoms with van der Waals surface area (Å²) in [6, 6.07) is 7.79. The molecule has 0 bridgehead atoms. The number of rotatable bonds is 2. The summed E-state index contributed by atoms with van der Waals surface area (Å²) in [4.78, 5) is 0. The Hall–Kier alpha value is -1.29. The first-order chi connectivity index (χ1) is 7.22. The first-order valence-corrected chi connectivity index (χ1v) is 5.37.